The second kappa shape index (κ2) is 9.79. The molecule has 0 atom stereocenters. The summed E-state index contributed by atoms with van der Waals surface area (Å²) in [6, 6.07) is 0. The lowest BCUT2D eigenvalue weighted by Gasteiger charge is -2.08. The Morgan fingerprint density at radius 1 is 1.09 bits per heavy atom. The maximum atomic E-state index is 9.02. The third-order valence-electron chi connectivity index (χ3n) is 3.33. The molecule has 0 bridgehead atoms. The van der Waals surface area contributed by atoms with Crippen molar-refractivity contribution in [2.75, 3.05) is 22.2 Å². The minimum absolute atomic E-state index is 0.0426. The first-order chi connectivity index (χ1) is 15.4. The number of guanidine groups is 2. The molecule has 0 spiro atoms. The Labute approximate surface area is 178 Å². The fraction of sp³-hybridized carbons (Fsp3) is 0.167. The second-order valence-electron chi connectivity index (χ2n) is 5.77. The Kier molecular flexibility index (Phi) is 6.69. The predicted octanol–water partition coefficient (Wildman–Crippen LogP) is -4.46. The number of H-pyrrole nitrogens is 2. The van der Waals surface area contributed by atoms with E-state index in [0.717, 1.165) is 5.01 Å². The summed E-state index contributed by atoms with van der Waals surface area (Å²) in [5, 5.41) is 51.8. The molecule has 32 heavy (non-hydrogen) atoms. The third kappa shape index (κ3) is 5.62. The smallest absolute Gasteiger partial charge is 0.272 e. The lowest BCUT2D eigenvalue weighted by atomic mass is 10.5. The van der Waals surface area contributed by atoms with Crippen molar-refractivity contribution in [3.8, 4) is 5.95 Å². The largest absolute Gasteiger partial charge is 0.399 e. The molecule has 3 aromatic rings. The number of aromatic nitrogens is 9. The van der Waals surface area contributed by atoms with Crippen molar-refractivity contribution < 1.29 is 10.2 Å². The van der Waals surface area contributed by atoms with E-state index in [4.69, 9.17) is 33.3 Å². The van der Waals surface area contributed by atoms with Crippen LogP contribution in [-0.4, -0.2) is 74.1 Å². The van der Waals surface area contributed by atoms with E-state index in [0.29, 0.717) is 5.69 Å². The van der Waals surface area contributed by atoms with Crippen LogP contribution in [0.5, 0.6) is 0 Å². The summed E-state index contributed by atoms with van der Waals surface area (Å²) < 4.78 is 1.25. The number of hydrogen-bond donors (Lipinski definition) is 10. The van der Waals surface area contributed by atoms with E-state index in [-0.39, 0.29) is 54.6 Å². The molecule has 170 valence electrons. The summed E-state index contributed by atoms with van der Waals surface area (Å²) in [6.07, 6.45) is 2.70. The van der Waals surface area contributed by atoms with Crippen LogP contribution in [0.15, 0.2) is 28.3 Å². The van der Waals surface area contributed by atoms with Crippen LogP contribution in [0.25, 0.3) is 5.95 Å². The molecule has 0 aliphatic carbocycles. The molecule has 0 fully saturated rings. The number of rotatable bonds is 8. The van der Waals surface area contributed by atoms with Crippen LogP contribution in [0.1, 0.15) is 5.69 Å². The Hall–Kier alpha value is -4.82. The standard InChI is InChI=1S/C12H20N18O2/c13-5(3-31)1-29(16)11-19-9(24-26-11)17-7(14)22-23-8(15)18-10-20-12(27-25-10)30-2-6(4-32)21-28-30/h1-2,31-32H,3-4,13,16H2,(H4,14,17,19,22,24,26)(H4,15,18,20,23,25,27)/b5-1-. The van der Waals surface area contributed by atoms with Gasteiger partial charge >= 0.3 is 0 Å². The molecule has 0 saturated heterocycles. The third-order valence-corrected chi connectivity index (χ3v) is 3.33. The van der Waals surface area contributed by atoms with Gasteiger partial charge in [-0.25, -0.2) is 16.0 Å². The minimum Gasteiger partial charge on any atom is -0.399 e. The first kappa shape index (κ1) is 21.9. The highest BCUT2D eigenvalue weighted by Gasteiger charge is 2.10. The van der Waals surface area contributed by atoms with E-state index < -0.39 is 0 Å². The van der Waals surface area contributed by atoms with Crippen molar-refractivity contribution in [1.29, 1.82) is 0 Å². The average molecular weight is 448 g/mol. The van der Waals surface area contributed by atoms with E-state index in [9.17, 15) is 0 Å². The van der Waals surface area contributed by atoms with Gasteiger partial charge in [0.2, 0.25) is 23.8 Å². The number of nitrogens with one attached hydrogen (secondary N) is 4. The average Bonchev–Trinajstić information content (AvgIpc) is 3.52. The summed E-state index contributed by atoms with van der Waals surface area (Å²) in [5.41, 5.74) is 17.4. The number of nitrogens with two attached hydrogens (primary N) is 4. The highest BCUT2D eigenvalue weighted by atomic mass is 16.3. The first-order valence-electron chi connectivity index (χ1n) is 8.56. The molecule has 0 unspecified atom stereocenters. The van der Waals surface area contributed by atoms with E-state index in [1.807, 2.05) is 0 Å². The van der Waals surface area contributed by atoms with Crippen molar-refractivity contribution in [3.05, 3.63) is 23.8 Å². The number of aliphatic hydroxyl groups excluding tert-OH is 2. The molecule has 3 rings (SSSR count). The fourth-order valence-corrected chi connectivity index (χ4v) is 1.98. The molecule has 0 aliphatic rings. The normalized spacial score (nSPS) is 12.8. The quantitative estimate of drug-likeness (QED) is 0.0672. The monoisotopic (exact) mass is 448 g/mol. The van der Waals surface area contributed by atoms with Gasteiger partial charge in [-0.1, -0.05) is 5.21 Å². The van der Waals surface area contributed by atoms with Crippen LogP contribution in [-0.2, 0) is 6.61 Å². The molecular formula is C12H20N18O2. The molecule has 20 heteroatoms. The van der Waals surface area contributed by atoms with E-state index in [1.54, 1.807) is 0 Å². The summed E-state index contributed by atoms with van der Waals surface area (Å²) in [5.74, 6) is 5.78. The topological polar surface area (TPSA) is 310 Å². The van der Waals surface area contributed by atoms with Gasteiger partial charge in [0.15, 0.2) is 0 Å². The summed E-state index contributed by atoms with van der Waals surface area (Å²) in [7, 11) is 0. The van der Waals surface area contributed by atoms with Gasteiger partial charge in [0.05, 0.1) is 25.1 Å². The molecule has 0 aliphatic heterocycles. The van der Waals surface area contributed by atoms with Crippen LogP contribution in [0.3, 0.4) is 0 Å². The number of anilines is 3. The van der Waals surface area contributed by atoms with Crippen molar-refractivity contribution in [2.24, 2.45) is 33.2 Å². The van der Waals surface area contributed by atoms with Gasteiger partial charge in [-0.05, 0) is 0 Å². The first-order valence-corrected chi connectivity index (χ1v) is 8.56. The Balaban J connectivity index is 1.57. The number of hydrazine groups is 1. The summed E-state index contributed by atoms with van der Waals surface area (Å²) >= 11 is 0. The number of nitrogens with zero attached hydrogens (tertiary/aromatic N) is 10. The molecule has 14 N–H and O–H groups in total. The molecule has 0 aromatic carbocycles. The zero-order chi connectivity index (χ0) is 23.1. The molecular weight excluding hydrogens is 428 g/mol. The van der Waals surface area contributed by atoms with Gasteiger partial charge in [0.25, 0.3) is 11.9 Å². The van der Waals surface area contributed by atoms with Crippen LogP contribution >= 0.6 is 0 Å². The zero-order valence-electron chi connectivity index (χ0n) is 16.2. The highest BCUT2D eigenvalue weighted by Crippen LogP contribution is 2.07. The molecule has 20 nitrogen and oxygen atoms in total. The molecule has 0 saturated carbocycles. The molecule has 3 aromatic heterocycles. The molecule has 0 radical (unpaired) electrons. The summed E-state index contributed by atoms with van der Waals surface area (Å²) in [6.45, 7) is -0.644. The lowest BCUT2D eigenvalue weighted by molar-refractivity contribution is 0.276. The number of hydrogen-bond acceptors (Lipinski definition) is 13. The Morgan fingerprint density at radius 3 is 2.38 bits per heavy atom. The van der Waals surface area contributed by atoms with Gasteiger partial charge in [0, 0.05) is 6.20 Å². The van der Waals surface area contributed by atoms with Crippen molar-refractivity contribution in [3.63, 3.8) is 0 Å². The zero-order valence-corrected chi connectivity index (χ0v) is 16.2. The number of aliphatic hydroxyl groups is 2. The maximum Gasteiger partial charge on any atom is 0.272 e. The van der Waals surface area contributed by atoms with E-state index in [1.165, 1.54) is 17.1 Å². The Bertz CT molecular complexity index is 1120. The predicted molar refractivity (Wildman–Crippen MR) is 110 cm³/mol. The Morgan fingerprint density at radius 2 is 1.75 bits per heavy atom. The highest BCUT2D eigenvalue weighted by molar-refractivity contribution is 5.93. The van der Waals surface area contributed by atoms with Crippen LogP contribution in [0.2, 0.25) is 0 Å². The van der Waals surface area contributed by atoms with Gasteiger partial charge < -0.3 is 27.4 Å². The van der Waals surface area contributed by atoms with Crippen molar-refractivity contribution >= 4 is 29.8 Å². The van der Waals surface area contributed by atoms with Crippen molar-refractivity contribution in [2.45, 2.75) is 6.61 Å². The summed E-state index contributed by atoms with van der Waals surface area (Å²) in [4.78, 5) is 8.09. The van der Waals surface area contributed by atoms with Gasteiger partial charge in [-0.3, -0.25) is 15.6 Å². The number of aromatic amines is 2. The van der Waals surface area contributed by atoms with Crippen molar-refractivity contribution in [1.82, 2.24) is 45.4 Å². The van der Waals surface area contributed by atoms with Gasteiger partial charge in [0.1, 0.15) is 5.69 Å². The maximum absolute atomic E-state index is 9.02. The minimum atomic E-state index is -0.378. The van der Waals surface area contributed by atoms with Gasteiger partial charge in [-0.2, -0.15) is 14.6 Å². The second-order valence-corrected chi connectivity index (χ2v) is 5.77. The molecule has 0 amide bonds. The molecule has 3 heterocycles. The van der Waals surface area contributed by atoms with E-state index in [2.05, 4.69) is 61.5 Å². The van der Waals surface area contributed by atoms with Gasteiger partial charge in [-0.15, -0.1) is 25.5 Å². The fourth-order valence-electron chi connectivity index (χ4n) is 1.98. The van der Waals surface area contributed by atoms with Crippen LogP contribution < -0.4 is 38.7 Å². The van der Waals surface area contributed by atoms with Crippen LogP contribution in [0.4, 0.5) is 17.8 Å². The van der Waals surface area contributed by atoms with E-state index >= 15 is 0 Å². The SMILES string of the molecule is N/C(=C\N(N)c1n[nH]c(N/C(N)=N/N=C(\N)Nc2nc(-n3cc(CO)nn3)n[nH]2)n1)CO. The van der Waals surface area contributed by atoms with Crippen LogP contribution in [0, 0.1) is 0 Å². The lowest BCUT2D eigenvalue weighted by Crippen LogP contribution is -2.28.